The quantitative estimate of drug-likeness (QED) is 0.313. The third-order valence-corrected chi connectivity index (χ3v) is 5.69. The molecule has 30 heavy (non-hydrogen) atoms. The summed E-state index contributed by atoms with van der Waals surface area (Å²) in [7, 11) is 1.86. The molecule has 1 aromatic carbocycles. The fourth-order valence-electron chi connectivity index (χ4n) is 3.90. The first-order valence-electron chi connectivity index (χ1n) is 11.1. The minimum Gasteiger partial charge on any atom is -0.377 e. The van der Waals surface area contributed by atoms with Crippen LogP contribution in [-0.2, 0) is 27.4 Å². The second-order valence-electron chi connectivity index (χ2n) is 7.86. The Labute approximate surface area is 198 Å². The van der Waals surface area contributed by atoms with Crippen LogP contribution in [0.4, 0.5) is 0 Å². The standard InChI is InChI=1S/C23H37N3O3.HI/c1-3-27-17-20-9-7-19(8-10-20)16-25-23(24-2)26-13-11-21(12-14-26)29-18-22-6-4-5-15-28-22;/h7-10,21-22H,3-6,11-18H2,1-2H3,(H,24,25);1H. The molecule has 0 bridgehead atoms. The Morgan fingerprint density at radius 1 is 1.13 bits per heavy atom. The summed E-state index contributed by atoms with van der Waals surface area (Å²) in [6.07, 6.45) is 6.33. The van der Waals surface area contributed by atoms with Gasteiger partial charge < -0.3 is 24.4 Å². The first kappa shape index (κ1) is 25.4. The summed E-state index contributed by atoms with van der Waals surface area (Å²) < 4.78 is 17.4. The number of halogens is 1. The summed E-state index contributed by atoms with van der Waals surface area (Å²) in [4.78, 5) is 6.81. The molecular weight excluding hydrogens is 493 g/mol. The van der Waals surface area contributed by atoms with Crippen molar-refractivity contribution in [2.24, 2.45) is 4.99 Å². The monoisotopic (exact) mass is 531 g/mol. The van der Waals surface area contributed by atoms with E-state index in [-0.39, 0.29) is 24.0 Å². The fourth-order valence-corrected chi connectivity index (χ4v) is 3.90. The highest BCUT2D eigenvalue weighted by molar-refractivity contribution is 14.0. The van der Waals surface area contributed by atoms with Gasteiger partial charge in [-0.2, -0.15) is 0 Å². The van der Waals surface area contributed by atoms with Gasteiger partial charge >= 0.3 is 0 Å². The van der Waals surface area contributed by atoms with Crippen LogP contribution in [0.1, 0.15) is 50.2 Å². The van der Waals surface area contributed by atoms with Crippen molar-refractivity contribution in [3.8, 4) is 0 Å². The molecule has 2 aliphatic heterocycles. The topological polar surface area (TPSA) is 55.3 Å². The largest absolute Gasteiger partial charge is 0.377 e. The summed E-state index contributed by atoms with van der Waals surface area (Å²) >= 11 is 0. The van der Waals surface area contributed by atoms with Crippen molar-refractivity contribution in [3.63, 3.8) is 0 Å². The van der Waals surface area contributed by atoms with E-state index in [1.165, 1.54) is 24.0 Å². The highest BCUT2D eigenvalue weighted by atomic mass is 127. The SMILES string of the molecule is CCOCc1ccc(CNC(=NC)N2CCC(OCC3CCCCO3)CC2)cc1.I. The lowest BCUT2D eigenvalue weighted by molar-refractivity contribution is -0.0721. The number of hydrogen-bond acceptors (Lipinski definition) is 4. The van der Waals surface area contributed by atoms with Gasteiger partial charge in [0.1, 0.15) is 0 Å². The number of benzene rings is 1. The van der Waals surface area contributed by atoms with Crippen LogP contribution in [0.25, 0.3) is 0 Å². The van der Waals surface area contributed by atoms with E-state index in [1.807, 2.05) is 14.0 Å². The molecule has 0 aliphatic carbocycles. The van der Waals surface area contributed by atoms with Gasteiger partial charge in [-0.3, -0.25) is 4.99 Å². The number of piperidine rings is 1. The Hall–Kier alpha value is -0.900. The number of nitrogens with zero attached hydrogens (tertiary/aromatic N) is 2. The Balaban J connectivity index is 0.00000320. The van der Waals surface area contributed by atoms with E-state index in [2.05, 4.69) is 39.5 Å². The van der Waals surface area contributed by atoms with Crippen molar-refractivity contribution in [1.29, 1.82) is 0 Å². The Morgan fingerprint density at radius 2 is 1.87 bits per heavy atom. The zero-order valence-electron chi connectivity index (χ0n) is 18.5. The first-order valence-corrected chi connectivity index (χ1v) is 11.1. The maximum absolute atomic E-state index is 6.13. The summed E-state index contributed by atoms with van der Waals surface area (Å²) in [6.45, 7) is 7.81. The lowest BCUT2D eigenvalue weighted by Gasteiger charge is -2.35. The van der Waals surface area contributed by atoms with Gasteiger partial charge in [-0.15, -0.1) is 24.0 Å². The molecule has 0 spiro atoms. The zero-order chi connectivity index (χ0) is 20.3. The van der Waals surface area contributed by atoms with Crippen LogP contribution in [0.2, 0.25) is 0 Å². The molecular formula is C23H38IN3O3. The van der Waals surface area contributed by atoms with E-state index in [1.54, 1.807) is 0 Å². The Bertz CT molecular complexity index is 613. The van der Waals surface area contributed by atoms with Gasteiger partial charge in [-0.1, -0.05) is 24.3 Å². The number of hydrogen-bond donors (Lipinski definition) is 1. The summed E-state index contributed by atoms with van der Waals surface area (Å²) in [6, 6.07) is 8.58. The second kappa shape index (κ2) is 14.2. The van der Waals surface area contributed by atoms with E-state index >= 15 is 0 Å². The molecule has 3 rings (SSSR count). The minimum absolute atomic E-state index is 0. The Kier molecular flexibility index (Phi) is 12.0. The number of aliphatic imine (C=N–C) groups is 1. The molecule has 2 aliphatic rings. The molecule has 2 fully saturated rings. The molecule has 1 N–H and O–H groups in total. The maximum atomic E-state index is 6.13. The number of nitrogens with one attached hydrogen (secondary N) is 1. The average Bonchev–Trinajstić information content (AvgIpc) is 2.79. The molecule has 2 saturated heterocycles. The summed E-state index contributed by atoms with van der Waals surface area (Å²) in [5.41, 5.74) is 2.46. The van der Waals surface area contributed by atoms with E-state index in [0.29, 0.717) is 18.8 Å². The van der Waals surface area contributed by atoms with E-state index < -0.39 is 0 Å². The van der Waals surface area contributed by atoms with Crippen LogP contribution in [0.15, 0.2) is 29.3 Å². The second-order valence-corrected chi connectivity index (χ2v) is 7.86. The zero-order valence-corrected chi connectivity index (χ0v) is 20.8. The summed E-state index contributed by atoms with van der Waals surface area (Å²) in [5, 5.41) is 3.50. The molecule has 2 heterocycles. The maximum Gasteiger partial charge on any atom is 0.193 e. The lowest BCUT2D eigenvalue weighted by atomic mass is 10.1. The van der Waals surface area contributed by atoms with Gasteiger partial charge in [-0.25, -0.2) is 0 Å². The van der Waals surface area contributed by atoms with E-state index in [9.17, 15) is 0 Å². The van der Waals surface area contributed by atoms with Gasteiger partial charge in [0.05, 0.1) is 25.4 Å². The van der Waals surface area contributed by atoms with Crippen LogP contribution in [0, 0.1) is 0 Å². The molecule has 6 nitrogen and oxygen atoms in total. The van der Waals surface area contributed by atoms with Crippen molar-refractivity contribution < 1.29 is 14.2 Å². The third kappa shape index (κ3) is 8.32. The predicted molar refractivity (Wildman–Crippen MR) is 132 cm³/mol. The third-order valence-electron chi connectivity index (χ3n) is 5.69. The molecule has 0 aromatic heterocycles. The molecule has 170 valence electrons. The molecule has 1 unspecified atom stereocenters. The van der Waals surface area contributed by atoms with Gasteiger partial charge in [0.15, 0.2) is 5.96 Å². The van der Waals surface area contributed by atoms with Crippen LogP contribution in [0.3, 0.4) is 0 Å². The van der Waals surface area contributed by atoms with Gasteiger partial charge in [0.2, 0.25) is 0 Å². The van der Waals surface area contributed by atoms with E-state index in [0.717, 1.165) is 64.7 Å². The molecule has 7 heteroatoms. The summed E-state index contributed by atoms with van der Waals surface area (Å²) in [5.74, 6) is 0.970. The minimum atomic E-state index is 0. The molecule has 0 radical (unpaired) electrons. The first-order chi connectivity index (χ1) is 14.3. The van der Waals surface area contributed by atoms with Gasteiger partial charge in [0.25, 0.3) is 0 Å². The van der Waals surface area contributed by atoms with Crippen LogP contribution >= 0.6 is 24.0 Å². The van der Waals surface area contributed by atoms with Crippen molar-refractivity contribution in [2.75, 3.05) is 40.0 Å². The predicted octanol–water partition coefficient (Wildman–Crippen LogP) is 3.97. The normalized spacial score (nSPS) is 20.7. The highest BCUT2D eigenvalue weighted by Crippen LogP contribution is 2.18. The molecule has 0 amide bonds. The average molecular weight is 531 g/mol. The van der Waals surface area contributed by atoms with E-state index in [4.69, 9.17) is 14.2 Å². The number of ether oxygens (including phenoxy) is 3. The lowest BCUT2D eigenvalue weighted by Crippen LogP contribution is -2.47. The fraction of sp³-hybridized carbons (Fsp3) is 0.696. The molecule has 1 atom stereocenters. The van der Waals surface area contributed by atoms with Crippen molar-refractivity contribution in [1.82, 2.24) is 10.2 Å². The number of likely N-dealkylation sites (tertiary alicyclic amines) is 1. The van der Waals surface area contributed by atoms with Gasteiger partial charge in [0, 0.05) is 39.9 Å². The smallest absolute Gasteiger partial charge is 0.193 e. The van der Waals surface area contributed by atoms with Crippen LogP contribution in [-0.4, -0.2) is 63.0 Å². The van der Waals surface area contributed by atoms with Crippen molar-refractivity contribution in [3.05, 3.63) is 35.4 Å². The van der Waals surface area contributed by atoms with Crippen LogP contribution < -0.4 is 5.32 Å². The van der Waals surface area contributed by atoms with Crippen molar-refractivity contribution in [2.45, 2.75) is 64.4 Å². The molecule has 0 saturated carbocycles. The Morgan fingerprint density at radius 3 is 2.50 bits per heavy atom. The number of rotatable bonds is 8. The highest BCUT2D eigenvalue weighted by Gasteiger charge is 2.23. The van der Waals surface area contributed by atoms with Crippen molar-refractivity contribution >= 4 is 29.9 Å². The molecule has 1 aromatic rings. The number of guanidine groups is 1. The van der Waals surface area contributed by atoms with Gasteiger partial charge in [-0.05, 0) is 50.2 Å². The van der Waals surface area contributed by atoms with Crippen LogP contribution in [0.5, 0.6) is 0 Å².